The molecule has 2 aromatic rings. The van der Waals surface area contributed by atoms with Gasteiger partial charge in [-0.25, -0.2) is 0 Å². The summed E-state index contributed by atoms with van der Waals surface area (Å²) in [4.78, 5) is 18.8. The Balaban J connectivity index is 1.43. The van der Waals surface area contributed by atoms with Crippen LogP contribution in [0.3, 0.4) is 0 Å². The molecule has 1 aliphatic heterocycles. The fourth-order valence-corrected chi connectivity index (χ4v) is 3.17. The Hall–Kier alpha value is -2.15. The normalized spacial score (nSPS) is 14.7. The summed E-state index contributed by atoms with van der Waals surface area (Å²) in [5.74, 6) is -0.103. The van der Waals surface area contributed by atoms with Crippen LogP contribution in [-0.4, -0.2) is 61.7 Å². The summed E-state index contributed by atoms with van der Waals surface area (Å²) < 4.78 is 5.33. The Kier molecular flexibility index (Phi) is 7.45. The molecule has 6 nitrogen and oxygen atoms in total. The highest BCUT2D eigenvalue weighted by Gasteiger charge is 2.11. The number of ether oxygens (including phenoxy) is 1. The predicted molar refractivity (Wildman–Crippen MR) is 107 cm³/mol. The fraction of sp³-hybridized carbons (Fsp3) is 0.400. The predicted octanol–water partition coefficient (Wildman–Crippen LogP) is 2.45. The highest BCUT2D eigenvalue weighted by atomic mass is 35.5. The molecule has 0 radical (unpaired) electrons. The molecule has 1 aliphatic rings. The van der Waals surface area contributed by atoms with Gasteiger partial charge < -0.3 is 15.4 Å². The van der Waals surface area contributed by atoms with Gasteiger partial charge in [0.25, 0.3) is 5.91 Å². The Bertz CT molecular complexity index is 750. The van der Waals surface area contributed by atoms with E-state index >= 15 is 0 Å². The molecule has 1 saturated heterocycles. The van der Waals surface area contributed by atoms with Gasteiger partial charge in [0.05, 0.1) is 24.5 Å². The van der Waals surface area contributed by atoms with Crippen LogP contribution < -0.4 is 10.6 Å². The molecule has 1 fully saturated rings. The minimum absolute atomic E-state index is 0.103. The number of amides is 1. The largest absolute Gasteiger partial charge is 0.383 e. The van der Waals surface area contributed by atoms with E-state index in [9.17, 15) is 4.79 Å². The molecule has 1 aromatic carbocycles. The maximum Gasteiger partial charge on any atom is 0.252 e. The monoisotopic (exact) mass is 388 g/mol. The zero-order valence-corrected chi connectivity index (χ0v) is 16.0. The van der Waals surface area contributed by atoms with Gasteiger partial charge in [-0.05, 0) is 30.2 Å². The van der Waals surface area contributed by atoms with E-state index in [1.807, 2.05) is 30.3 Å². The van der Waals surface area contributed by atoms with Crippen molar-refractivity contribution in [1.82, 2.24) is 15.2 Å². The van der Waals surface area contributed by atoms with Gasteiger partial charge in [0.2, 0.25) is 0 Å². The second-order valence-electron chi connectivity index (χ2n) is 6.48. The molecule has 3 rings (SSSR count). The van der Waals surface area contributed by atoms with E-state index in [1.54, 1.807) is 12.4 Å². The molecule has 1 amide bonds. The van der Waals surface area contributed by atoms with Gasteiger partial charge in [-0.15, -0.1) is 0 Å². The summed E-state index contributed by atoms with van der Waals surface area (Å²) in [5.41, 5.74) is 2.56. The molecule has 0 atom stereocenters. The highest BCUT2D eigenvalue weighted by Crippen LogP contribution is 2.12. The van der Waals surface area contributed by atoms with Gasteiger partial charge in [-0.3, -0.25) is 14.7 Å². The van der Waals surface area contributed by atoms with E-state index < -0.39 is 0 Å². The average Bonchev–Trinajstić information content (AvgIpc) is 2.69. The van der Waals surface area contributed by atoms with Crippen LogP contribution in [0.2, 0.25) is 5.02 Å². The Morgan fingerprint density at radius 2 is 2.04 bits per heavy atom. The number of carbonyl (C=O) groups is 1. The molecule has 0 aliphatic carbocycles. The Morgan fingerprint density at radius 1 is 1.19 bits per heavy atom. The molecule has 1 aromatic heterocycles. The number of halogens is 1. The standard InChI is InChI=1S/C20H25ClN4O2/c21-18-3-1-2-16(12-18)4-5-23-19-13-17(14-22-15-19)20(26)24-6-7-25-8-10-27-11-9-25/h1-3,12-15,23H,4-11H2,(H,24,26). The van der Waals surface area contributed by atoms with Gasteiger partial charge in [-0.2, -0.15) is 0 Å². The lowest BCUT2D eigenvalue weighted by Gasteiger charge is -2.26. The number of morpholine rings is 1. The quantitative estimate of drug-likeness (QED) is 0.727. The zero-order valence-electron chi connectivity index (χ0n) is 15.3. The minimum Gasteiger partial charge on any atom is -0.383 e. The SMILES string of the molecule is O=C(NCCN1CCOCC1)c1cncc(NCCc2cccc(Cl)c2)c1. The van der Waals surface area contributed by atoms with Crippen molar-refractivity contribution in [3.05, 3.63) is 58.9 Å². The van der Waals surface area contributed by atoms with Crippen LogP contribution in [0.1, 0.15) is 15.9 Å². The third-order valence-corrected chi connectivity index (χ3v) is 4.68. The van der Waals surface area contributed by atoms with Crippen LogP contribution in [0.5, 0.6) is 0 Å². The summed E-state index contributed by atoms with van der Waals surface area (Å²) in [6, 6.07) is 9.64. The number of anilines is 1. The first-order chi connectivity index (χ1) is 13.2. The molecule has 0 unspecified atom stereocenters. The van der Waals surface area contributed by atoms with Gasteiger partial charge in [-0.1, -0.05) is 23.7 Å². The topological polar surface area (TPSA) is 66.5 Å². The van der Waals surface area contributed by atoms with Crippen LogP contribution in [0, 0.1) is 0 Å². The van der Waals surface area contributed by atoms with Gasteiger partial charge >= 0.3 is 0 Å². The molecule has 144 valence electrons. The van der Waals surface area contributed by atoms with Gasteiger partial charge in [0.15, 0.2) is 0 Å². The highest BCUT2D eigenvalue weighted by molar-refractivity contribution is 6.30. The lowest BCUT2D eigenvalue weighted by Crippen LogP contribution is -2.41. The molecule has 2 N–H and O–H groups in total. The summed E-state index contributed by atoms with van der Waals surface area (Å²) in [6.07, 6.45) is 4.16. The maximum absolute atomic E-state index is 12.3. The van der Waals surface area contributed by atoms with E-state index in [0.29, 0.717) is 12.1 Å². The molecular formula is C20H25ClN4O2. The third-order valence-electron chi connectivity index (χ3n) is 4.45. The van der Waals surface area contributed by atoms with Crippen molar-refractivity contribution >= 4 is 23.2 Å². The number of rotatable bonds is 8. The van der Waals surface area contributed by atoms with E-state index in [4.69, 9.17) is 16.3 Å². The van der Waals surface area contributed by atoms with Crippen LogP contribution in [0.4, 0.5) is 5.69 Å². The Morgan fingerprint density at radius 3 is 2.85 bits per heavy atom. The first-order valence-corrected chi connectivity index (χ1v) is 9.60. The molecule has 0 saturated carbocycles. The van der Waals surface area contributed by atoms with Crippen molar-refractivity contribution in [2.24, 2.45) is 0 Å². The summed E-state index contributed by atoms with van der Waals surface area (Å²) in [5, 5.41) is 7.01. The number of nitrogens with zero attached hydrogens (tertiary/aromatic N) is 2. The van der Waals surface area contributed by atoms with Crippen molar-refractivity contribution < 1.29 is 9.53 Å². The first kappa shape index (κ1) is 19.6. The van der Waals surface area contributed by atoms with Crippen LogP contribution in [-0.2, 0) is 11.2 Å². The number of pyridine rings is 1. The smallest absolute Gasteiger partial charge is 0.252 e. The summed E-state index contributed by atoms with van der Waals surface area (Å²) >= 11 is 6.00. The van der Waals surface area contributed by atoms with E-state index in [0.717, 1.165) is 56.5 Å². The molecule has 0 spiro atoms. The van der Waals surface area contributed by atoms with Gasteiger partial charge in [0.1, 0.15) is 0 Å². The van der Waals surface area contributed by atoms with E-state index in [2.05, 4.69) is 20.5 Å². The number of benzene rings is 1. The van der Waals surface area contributed by atoms with E-state index in [-0.39, 0.29) is 5.91 Å². The van der Waals surface area contributed by atoms with Crippen molar-refractivity contribution in [1.29, 1.82) is 0 Å². The molecule has 27 heavy (non-hydrogen) atoms. The minimum atomic E-state index is -0.103. The van der Waals surface area contributed by atoms with Crippen molar-refractivity contribution in [3.8, 4) is 0 Å². The van der Waals surface area contributed by atoms with Crippen molar-refractivity contribution in [2.75, 3.05) is 51.3 Å². The maximum atomic E-state index is 12.3. The second-order valence-corrected chi connectivity index (χ2v) is 6.92. The number of hydrogen-bond acceptors (Lipinski definition) is 5. The second kappa shape index (κ2) is 10.3. The number of nitrogens with one attached hydrogen (secondary N) is 2. The van der Waals surface area contributed by atoms with Crippen LogP contribution >= 0.6 is 11.6 Å². The summed E-state index contributed by atoms with van der Waals surface area (Å²) in [6.45, 7) is 5.56. The molecule has 2 heterocycles. The molecule has 0 bridgehead atoms. The van der Waals surface area contributed by atoms with Crippen molar-refractivity contribution in [2.45, 2.75) is 6.42 Å². The zero-order chi connectivity index (χ0) is 18.9. The first-order valence-electron chi connectivity index (χ1n) is 9.22. The molecular weight excluding hydrogens is 364 g/mol. The van der Waals surface area contributed by atoms with Gasteiger partial charge in [0, 0.05) is 50.1 Å². The van der Waals surface area contributed by atoms with Crippen LogP contribution in [0.25, 0.3) is 0 Å². The number of aromatic nitrogens is 1. The Labute approximate surface area is 164 Å². The lowest BCUT2D eigenvalue weighted by molar-refractivity contribution is 0.0383. The summed E-state index contributed by atoms with van der Waals surface area (Å²) in [7, 11) is 0. The fourth-order valence-electron chi connectivity index (χ4n) is 2.96. The lowest BCUT2D eigenvalue weighted by atomic mass is 10.1. The third kappa shape index (κ3) is 6.50. The van der Waals surface area contributed by atoms with Crippen molar-refractivity contribution in [3.63, 3.8) is 0 Å². The number of hydrogen-bond donors (Lipinski definition) is 2. The van der Waals surface area contributed by atoms with Crippen LogP contribution in [0.15, 0.2) is 42.7 Å². The van der Waals surface area contributed by atoms with E-state index in [1.165, 1.54) is 5.56 Å². The molecule has 7 heteroatoms. The number of carbonyl (C=O) groups excluding carboxylic acids is 1. The average molecular weight is 389 g/mol.